The molecule has 0 aliphatic heterocycles. The minimum Gasteiger partial charge on any atom is -0.333 e. The molecule has 0 aliphatic rings. The van der Waals surface area contributed by atoms with Crippen LogP contribution in [0, 0.1) is 17.5 Å². The van der Waals surface area contributed by atoms with Crippen LogP contribution in [0.2, 0.25) is 0 Å². The van der Waals surface area contributed by atoms with Crippen molar-refractivity contribution in [3.05, 3.63) is 59.4 Å². The summed E-state index contributed by atoms with van der Waals surface area (Å²) in [5.74, 6) is -1.66. The highest BCUT2D eigenvalue weighted by Crippen LogP contribution is 2.22. The zero-order valence-corrected chi connectivity index (χ0v) is 13.3. The molecule has 0 amide bonds. The number of hydrogen-bond acceptors (Lipinski definition) is 3. The number of ketones is 1. The van der Waals surface area contributed by atoms with Crippen molar-refractivity contribution >= 4 is 28.6 Å². The van der Waals surface area contributed by atoms with E-state index in [1.165, 1.54) is 36.0 Å². The van der Waals surface area contributed by atoms with Crippen LogP contribution in [0.15, 0.2) is 41.6 Å². The van der Waals surface area contributed by atoms with Crippen LogP contribution in [0.25, 0.3) is 11.0 Å². The van der Waals surface area contributed by atoms with Gasteiger partial charge in [-0.15, -0.1) is 0 Å². The maximum atomic E-state index is 13.1. The molecule has 0 bridgehead atoms. The molecule has 1 heterocycles. The Kier molecular flexibility index (Phi) is 4.89. The average Bonchev–Trinajstić information content (AvgIpc) is 2.94. The first kappa shape index (κ1) is 16.6. The quantitative estimate of drug-likeness (QED) is 0.397. The third-order valence-corrected chi connectivity index (χ3v) is 4.41. The van der Waals surface area contributed by atoms with Gasteiger partial charge in [-0.1, -0.05) is 11.8 Å². The number of Topliss-reactive ketones (excluding diaryl/α,β-unsaturated/α-hetero) is 1. The van der Waals surface area contributed by atoms with Crippen LogP contribution in [-0.4, -0.2) is 21.5 Å². The monoisotopic (exact) mass is 350 g/mol. The van der Waals surface area contributed by atoms with E-state index in [4.69, 9.17) is 0 Å². The van der Waals surface area contributed by atoms with Gasteiger partial charge in [-0.05, 0) is 30.7 Å². The van der Waals surface area contributed by atoms with Crippen molar-refractivity contribution in [1.29, 1.82) is 0 Å². The van der Waals surface area contributed by atoms with Crippen molar-refractivity contribution in [2.45, 2.75) is 18.0 Å². The van der Waals surface area contributed by atoms with Crippen molar-refractivity contribution in [2.24, 2.45) is 0 Å². The maximum Gasteiger partial charge on any atom is 0.166 e. The van der Waals surface area contributed by atoms with Gasteiger partial charge in [-0.3, -0.25) is 4.79 Å². The van der Waals surface area contributed by atoms with Gasteiger partial charge in [-0.25, -0.2) is 18.2 Å². The number of halogens is 3. The molecule has 0 fully saturated rings. The fourth-order valence-corrected chi connectivity index (χ4v) is 3.06. The number of aromatic amines is 1. The number of imidazole rings is 1. The summed E-state index contributed by atoms with van der Waals surface area (Å²) in [6.45, 7) is 0. The van der Waals surface area contributed by atoms with Gasteiger partial charge in [0.05, 0.1) is 11.0 Å². The lowest BCUT2D eigenvalue weighted by molar-refractivity contribution is 0.0982. The molecule has 0 aliphatic carbocycles. The number of H-pyrrole nitrogens is 1. The van der Waals surface area contributed by atoms with Gasteiger partial charge < -0.3 is 4.98 Å². The van der Waals surface area contributed by atoms with Crippen molar-refractivity contribution in [1.82, 2.24) is 9.97 Å². The standard InChI is InChI=1S/C17H13F3N2OS/c18-11-5-3-10(4-6-11)16(23)2-1-7-24-17-21-14-8-12(19)13(20)9-15(14)22-17/h3-6,8-9H,1-2,7H2,(H,21,22). The fraction of sp³-hybridized carbons (Fsp3) is 0.176. The first-order chi connectivity index (χ1) is 11.5. The van der Waals surface area contributed by atoms with Gasteiger partial charge in [0.15, 0.2) is 22.6 Å². The van der Waals surface area contributed by atoms with Crippen molar-refractivity contribution < 1.29 is 18.0 Å². The highest BCUT2D eigenvalue weighted by molar-refractivity contribution is 7.99. The minimum atomic E-state index is -0.935. The number of benzene rings is 2. The Morgan fingerprint density at radius 1 is 1.08 bits per heavy atom. The number of fused-ring (bicyclic) bond motifs is 1. The van der Waals surface area contributed by atoms with Crippen molar-refractivity contribution in [3.8, 4) is 0 Å². The van der Waals surface area contributed by atoms with Gasteiger partial charge in [0, 0.05) is 29.9 Å². The maximum absolute atomic E-state index is 13.1. The number of nitrogens with zero attached hydrogens (tertiary/aromatic N) is 1. The highest BCUT2D eigenvalue weighted by atomic mass is 32.2. The number of rotatable bonds is 6. The molecule has 0 spiro atoms. The van der Waals surface area contributed by atoms with Crippen LogP contribution < -0.4 is 0 Å². The molecule has 3 nitrogen and oxygen atoms in total. The van der Waals surface area contributed by atoms with E-state index in [0.717, 1.165) is 12.1 Å². The highest BCUT2D eigenvalue weighted by Gasteiger charge is 2.10. The predicted molar refractivity (Wildman–Crippen MR) is 86.7 cm³/mol. The fourth-order valence-electron chi connectivity index (χ4n) is 2.23. The van der Waals surface area contributed by atoms with Crippen LogP contribution in [-0.2, 0) is 0 Å². The number of carbonyl (C=O) groups is 1. The van der Waals surface area contributed by atoms with E-state index in [2.05, 4.69) is 9.97 Å². The first-order valence-electron chi connectivity index (χ1n) is 7.29. The van der Waals surface area contributed by atoms with Gasteiger partial charge in [0.25, 0.3) is 0 Å². The molecule has 3 aromatic rings. The van der Waals surface area contributed by atoms with Crippen molar-refractivity contribution in [3.63, 3.8) is 0 Å². The second-order valence-corrected chi connectivity index (χ2v) is 6.29. The largest absolute Gasteiger partial charge is 0.333 e. The van der Waals surface area contributed by atoms with Crippen LogP contribution in [0.3, 0.4) is 0 Å². The molecule has 1 aromatic heterocycles. The van der Waals surface area contributed by atoms with Gasteiger partial charge in [-0.2, -0.15) is 0 Å². The molecular formula is C17H13F3N2OS. The summed E-state index contributed by atoms with van der Waals surface area (Å²) in [4.78, 5) is 19.0. The molecule has 0 saturated carbocycles. The van der Waals surface area contributed by atoms with Gasteiger partial charge in [0.1, 0.15) is 5.82 Å². The zero-order valence-electron chi connectivity index (χ0n) is 12.5. The molecule has 24 heavy (non-hydrogen) atoms. The molecule has 0 atom stereocenters. The zero-order chi connectivity index (χ0) is 17.1. The van der Waals surface area contributed by atoms with E-state index >= 15 is 0 Å². The van der Waals surface area contributed by atoms with E-state index in [0.29, 0.717) is 40.3 Å². The topological polar surface area (TPSA) is 45.8 Å². The van der Waals surface area contributed by atoms with Gasteiger partial charge >= 0.3 is 0 Å². The second kappa shape index (κ2) is 7.09. The molecular weight excluding hydrogens is 337 g/mol. The molecule has 1 N–H and O–H groups in total. The summed E-state index contributed by atoms with van der Waals surface area (Å²) in [5, 5.41) is 0.546. The molecule has 0 radical (unpaired) electrons. The van der Waals surface area contributed by atoms with Crippen LogP contribution >= 0.6 is 11.8 Å². The number of hydrogen-bond donors (Lipinski definition) is 1. The summed E-state index contributed by atoms with van der Waals surface area (Å²) in [5.41, 5.74) is 1.27. The Morgan fingerprint density at radius 2 is 1.79 bits per heavy atom. The Balaban J connectivity index is 1.53. The Hall–Kier alpha value is -2.28. The van der Waals surface area contributed by atoms with E-state index in [1.54, 1.807) is 0 Å². The number of carbonyl (C=O) groups excluding carboxylic acids is 1. The molecule has 3 rings (SSSR count). The predicted octanol–water partition coefficient (Wildman–Crippen LogP) is 4.74. The normalized spacial score (nSPS) is 11.1. The van der Waals surface area contributed by atoms with Crippen LogP contribution in [0.1, 0.15) is 23.2 Å². The van der Waals surface area contributed by atoms with E-state index in [1.807, 2.05) is 0 Å². The summed E-state index contributed by atoms with van der Waals surface area (Å²) < 4.78 is 39.1. The lowest BCUT2D eigenvalue weighted by atomic mass is 10.1. The second-order valence-electron chi connectivity index (χ2n) is 5.21. The first-order valence-corrected chi connectivity index (χ1v) is 8.28. The molecule has 0 saturated heterocycles. The summed E-state index contributed by atoms with van der Waals surface area (Å²) in [7, 11) is 0. The Morgan fingerprint density at radius 3 is 2.54 bits per heavy atom. The molecule has 0 unspecified atom stereocenters. The van der Waals surface area contributed by atoms with E-state index < -0.39 is 11.6 Å². The van der Waals surface area contributed by atoms with E-state index in [-0.39, 0.29) is 11.6 Å². The number of nitrogens with one attached hydrogen (secondary N) is 1. The third kappa shape index (κ3) is 3.79. The number of thioether (sulfide) groups is 1. The lowest BCUT2D eigenvalue weighted by Crippen LogP contribution is -1.99. The molecule has 2 aromatic carbocycles. The minimum absolute atomic E-state index is 0.0515. The van der Waals surface area contributed by atoms with Crippen molar-refractivity contribution in [2.75, 3.05) is 5.75 Å². The summed E-state index contributed by atoms with van der Waals surface area (Å²) in [6.07, 6.45) is 0.947. The smallest absolute Gasteiger partial charge is 0.166 e. The SMILES string of the molecule is O=C(CCCSc1nc2cc(F)c(F)cc2[nH]1)c1ccc(F)cc1. The molecule has 124 valence electrons. The molecule has 7 heteroatoms. The average molecular weight is 350 g/mol. The van der Waals surface area contributed by atoms with Gasteiger partial charge in [0.2, 0.25) is 0 Å². The summed E-state index contributed by atoms with van der Waals surface area (Å²) in [6, 6.07) is 7.56. The Labute approximate surface area is 140 Å². The lowest BCUT2D eigenvalue weighted by Gasteiger charge is -2.00. The summed E-state index contributed by atoms with van der Waals surface area (Å²) >= 11 is 1.37. The Bertz CT molecular complexity index is 838. The van der Waals surface area contributed by atoms with Crippen LogP contribution in [0.4, 0.5) is 13.2 Å². The third-order valence-electron chi connectivity index (χ3n) is 3.46. The van der Waals surface area contributed by atoms with Crippen LogP contribution in [0.5, 0.6) is 0 Å². The van der Waals surface area contributed by atoms with E-state index in [9.17, 15) is 18.0 Å². The number of aromatic nitrogens is 2.